The molecule has 4 aromatic rings. The highest BCUT2D eigenvalue weighted by atomic mass is 16.5. The first-order chi connectivity index (χ1) is 14.6. The Bertz CT molecular complexity index is 1180. The quantitative estimate of drug-likeness (QED) is 0.428. The van der Waals surface area contributed by atoms with Crippen LogP contribution in [0.2, 0.25) is 0 Å². The highest BCUT2D eigenvalue weighted by Crippen LogP contribution is 2.25. The summed E-state index contributed by atoms with van der Waals surface area (Å²) in [5.41, 5.74) is 14.3. The van der Waals surface area contributed by atoms with E-state index in [2.05, 4.69) is 20.3 Å². The molecule has 1 aromatic carbocycles. The highest BCUT2D eigenvalue weighted by molar-refractivity contribution is 5.90. The van der Waals surface area contributed by atoms with Crippen molar-refractivity contribution in [2.45, 2.75) is 6.61 Å². The maximum atomic E-state index is 11.3. The van der Waals surface area contributed by atoms with Gasteiger partial charge < -0.3 is 25.9 Å². The Hall–Kier alpha value is -4.40. The molecular formula is C21H18N6O3. The molecular weight excluding hydrogens is 384 g/mol. The first-order valence-corrected chi connectivity index (χ1v) is 8.98. The minimum atomic E-state index is -0.582. The lowest BCUT2D eigenvalue weighted by atomic mass is 10.2. The molecule has 30 heavy (non-hydrogen) atoms. The number of hydrogen-bond donors (Lipinski definition) is 3. The number of anilines is 3. The zero-order valence-electron chi connectivity index (χ0n) is 15.8. The van der Waals surface area contributed by atoms with E-state index in [1.54, 1.807) is 36.8 Å². The summed E-state index contributed by atoms with van der Waals surface area (Å²) in [6.07, 6.45) is 4.67. The summed E-state index contributed by atoms with van der Waals surface area (Å²) in [6.45, 7) is 0.261. The third-order valence-electron chi connectivity index (χ3n) is 4.15. The van der Waals surface area contributed by atoms with Crippen LogP contribution in [0.5, 0.6) is 5.75 Å². The summed E-state index contributed by atoms with van der Waals surface area (Å²) in [4.78, 5) is 23.6. The summed E-state index contributed by atoms with van der Waals surface area (Å²) in [5.74, 6) is 0.735. The topological polar surface area (TPSA) is 142 Å². The average Bonchev–Trinajstić information content (AvgIpc) is 3.27. The van der Waals surface area contributed by atoms with Crippen LogP contribution in [-0.4, -0.2) is 20.9 Å². The number of amides is 1. The van der Waals surface area contributed by atoms with E-state index in [1.807, 2.05) is 24.3 Å². The molecule has 0 atom stereocenters. The third kappa shape index (κ3) is 4.53. The number of primary amides is 1. The lowest BCUT2D eigenvalue weighted by molar-refractivity contribution is 0.0995. The van der Waals surface area contributed by atoms with Gasteiger partial charge in [-0.3, -0.25) is 9.78 Å². The normalized spacial score (nSPS) is 10.5. The summed E-state index contributed by atoms with van der Waals surface area (Å²) < 4.78 is 10.9. The molecule has 3 heterocycles. The van der Waals surface area contributed by atoms with Gasteiger partial charge in [0, 0.05) is 29.6 Å². The number of carbonyl (C=O) groups excluding carboxylic acids is 1. The Kier molecular flexibility index (Phi) is 5.25. The van der Waals surface area contributed by atoms with Crippen LogP contribution >= 0.6 is 0 Å². The van der Waals surface area contributed by atoms with E-state index in [1.165, 1.54) is 6.20 Å². The number of carbonyl (C=O) groups is 1. The molecule has 0 spiro atoms. The van der Waals surface area contributed by atoms with Gasteiger partial charge in [0.25, 0.3) is 5.91 Å². The van der Waals surface area contributed by atoms with Gasteiger partial charge >= 0.3 is 0 Å². The van der Waals surface area contributed by atoms with E-state index in [0.717, 1.165) is 16.8 Å². The molecule has 0 fully saturated rings. The van der Waals surface area contributed by atoms with Crippen LogP contribution in [0.1, 0.15) is 16.1 Å². The molecule has 4 rings (SSSR count). The van der Waals surface area contributed by atoms with Gasteiger partial charge in [-0.1, -0.05) is 6.07 Å². The first kappa shape index (κ1) is 18.9. The molecule has 0 aliphatic carbocycles. The van der Waals surface area contributed by atoms with Crippen LogP contribution in [0.15, 0.2) is 71.7 Å². The molecule has 0 saturated heterocycles. The van der Waals surface area contributed by atoms with Crippen molar-refractivity contribution in [3.63, 3.8) is 0 Å². The van der Waals surface area contributed by atoms with Crippen molar-refractivity contribution in [1.29, 1.82) is 0 Å². The molecule has 0 aliphatic rings. The first-order valence-electron chi connectivity index (χ1n) is 8.98. The Morgan fingerprint density at radius 2 is 2.03 bits per heavy atom. The van der Waals surface area contributed by atoms with Gasteiger partial charge in [-0.2, -0.15) is 4.98 Å². The summed E-state index contributed by atoms with van der Waals surface area (Å²) in [6, 6.07) is 14.3. The molecule has 3 aromatic heterocycles. The number of rotatable bonds is 7. The van der Waals surface area contributed by atoms with Crippen LogP contribution in [0.3, 0.4) is 0 Å². The van der Waals surface area contributed by atoms with Crippen LogP contribution < -0.4 is 21.5 Å². The number of aromatic nitrogens is 3. The molecule has 0 aliphatic heterocycles. The smallest absolute Gasteiger partial charge is 0.267 e. The largest absolute Gasteiger partial charge is 0.489 e. The number of hydrogen-bond acceptors (Lipinski definition) is 8. The van der Waals surface area contributed by atoms with Gasteiger partial charge in [0.15, 0.2) is 0 Å². The molecule has 0 saturated carbocycles. The Labute approximate surface area is 171 Å². The number of ether oxygens (including phenoxy) is 1. The summed E-state index contributed by atoms with van der Waals surface area (Å²) in [7, 11) is 0. The third-order valence-corrected chi connectivity index (χ3v) is 4.15. The lowest BCUT2D eigenvalue weighted by Gasteiger charge is -2.11. The number of pyridine rings is 1. The predicted octanol–water partition coefficient (Wildman–Crippen LogP) is 3.14. The van der Waals surface area contributed by atoms with Crippen LogP contribution in [0, 0.1) is 0 Å². The van der Waals surface area contributed by atoms with Gasteiger partial charge in [0.05, 0.1) is 18.2 Å². The van der Waals surface area contributed by atoms with Gasteiger partial charge in [0.1, 0.15) is 23.9 Å². The van der Waals surface area contributed by atoms with Crippen molar-refractivity contribution in [2.24, 2.45) is 5.73 Å². The van der Waals surface area contributed by atoms with Gasteiger partial charge in [-0.05, 0) is 35.9 Å². The zero-order chi connectivity index (χ0) is 20.9. The number of nitrogens with two attached hydrogens (primary N) is 2. The van der Waals surface area contributed by atoms with Crippen LogP contribution in [-0.2, 0) is 6.61 Å². The highest BCUT2D eigenvalue weighted by Gasteiger charge is 2.08. The second-order valence-electron chi connectivity index (χ2n) is 6.36. The van der Waals surface area contributed by atoms with E-state index >= 15 is 0 Å². The maximum absolute atomic E-state index is 11.3. The molecule has 0 bridgehead atoms. The van der Waals surface area contributed by atoms with E-state index in [-0.39, 0.29) is 18.2 Å². The fraction of sp³-hybridized carbons (Fsp3) is 0.0476. The van der Waals surface area contributed by atoms with Crippen LogP contribution in [0.4, 0.5) is 17.5 Å². The molecule has 9 nitrogen and oxygen atoms in total. The van der Waals surface area contributed by atoms with Crippen LogP contribution in [0.25, 0.3) is 11.3 Å². The molecule has 1 amide bonds. The standard InChI is InChI=1S/C21H18N6O3/c22-20(28)18-8-13(4-6-24-18)11-30-16-3-1-2-15(9-16)25-19-10-17(26-21(23)27-19)14-5-7-29-12-14/h1-10,12H,11H2,(H2,22,28)(H3,23,25,26,27). The minimum absolute atomic E-state index is 0.145. The average molecular weight is 402 g/mol. The van der Waals surface area contributed by atoms with Crippen molar-refractivity contribution in [1.82, 2.24) is 15.0 Å². The molecule has 9 heteroatoms. The van der Waals surface area contributed by atoms with Gasteiger partial charge in [-0.15, -0.1) is 0 Å². The second kappa shape index (κ2) is 8.31. The number of nitrogen functional groups attached to an aromatic ring is 1. The van der Waals surface area contributed by atoms with E-state index in [0.29, 0.717) is 17.3 Å². The number of nitrogens with one attached hydrogen (secondary N) is 1. The number of nitrogens with zero attached hydrogens (tertiary/aromatic N) is 3. The van der Waals surface area contributed by atoms with E-state index < -0.39 is 5.91 Å². The maximum Gasteiger partial charge on any atom is 0.267 e. The lowest BCUT2D eigenvalue weighted by Crippen LogP contribution is -2.13. The van der Waals surface area contributed by atoms with Crippen molar-refractivity contribution >= 4 is 23.4 Å². The minimum Gasteiger partial charge on any atom is -0.489 e. The number of benzene rings is 1. The van der Waals surface area contributed by atoms with Gasteiger partial charge in [0.2, 0.25) is 5.95 Å². The molecule has 0 radical (unpaired) electrons. The molecule has 5 N–H and O–H groups in total. The summed E-state index contributed by atoms with van der Waals surface area (Å²) in [5, 5.41) is 3.20. The SMILES string of the molecule is NC(=O)c1cc(COc2cccc(Nc3cc(-c4ccoc4)nc(N)n3)c2)ccn1. The van der Waals surface area contributed by atoms with Crippen molar-refractivity contribution in [2.75, 3.05) is 11.1 Å². The Balaban J connectivity index is 1.48. The second-order valence-corrected chi connectivity index (χ2v) is 6.36. The van der Waals surface area contributed by atoms with E-state index in [9.17, 15) is 4.79 Å². The predicted molar refractivity (Wildman–Crippen MR) is 111 cm³/mol. The zero-order valence-corrected chi connectivity index (χ0v) is 15.8. The molecule has 0 unspecified atom stereocenters. The van der Waals surface area contributed by atoms with Crippen molar-refractivity contribution < 1.29 is 13.9 Å². The van der Waals surface area contributed by atoms with Gasteiger partial charge in [-0.25, -0.2) is 4.98 Å². The summed E-state index contributed by atoms with van der Waals surface area (Å²) >= 11 is 0. The van der Waals surface area contributed by atoms with Crippen molar-refractivity contribution in [3.05, 3.63) is 78.5 Å². The fourth-order valence-corrected chi connectivity index (χ4v) is 2.77. The Morgan fingerprint density at radius 3 is 2.83 bits per heavy atom. The van der Waals surface area contributed by atoms with Crippen molar-refractivity contribution in [3.8, 4) is 17.0 Å². The fourth-order valence-electron chi connectivity index (χ4n) is 2.77. The van der Waals surface area contributed by atoms with E-state index in [4.69, 9.17) is 20.6 Å². The number of furan rings is 1. The molecule has 150 valence electrons. The monoisotopic (exact) mass is 402 g/mol. The Morgan fingerprint density at radius 1 is 1.13 bits per heavy atom.